The summed E-state index contributed by atoms with van der Waals surface area (Å²) in [6.45, 7) is 5.92. The highest BCUT2D eigenvalue weighted by Crippen LogP contribution is 2.22. The normalized spacial score (nSPS) is 14.8. The molecule has 0 fully saturated rings. The van der Waals surface area contributed by atoms with Crippen molar-refractivity contribution in [3.63, 3.8) is 0 Å². The molecule has 0 saturated carbocycles. The molecule has 2 N–H and O–H groups in total. The van der Waals surface area contributed by atoms with E-state index in [-0.39, 0.29) is 0 Å². The van der Waals surface area contributed by atoms with Crippen molar-refractivity contribution in [2.24, 2.45) is 0 Å². The fourth-order valence-electron chi connectivity index (χ4n) is 1.39. The van der Waals surface area contributed by atoms with Crippen LogP contribution in [-0.2, 0) is 0 Å². The van der Waals surface area contributed by atoms with Gasteiger partial charge in [0.15, 0.2) is 0 Å². The molecule has 2 nitrogen and oxygen atoms in total. The fraction of sp³-hybridized carbons (Fsp3) is 1.00. The first-order chi connectivity index (χ1) is 5.60. The second-order valence-corrected chi connectivity index (χ2v) is 3.47. The maximum absolute atomic E-state index is 9.87. The Labute approximate surface area is 75.6 Å². The van der Waals surface area contributed by atoms with E-state index in [1.807, 2.05) is 13.8 Å². The van der Waals surface area contributed by atoms with Crippen molar-refractivity contribution >= 4 is 0 Å². The predicted octanol–water partition coefficient (Wildman–Crippen LogP) is 2.09. The van der Waals surface area contributed by atoms with Gasteiger partial charge in [0, 0.05) is 0 Å². The van der Waals surface area contributed by atoms with Crippen LogP contribution < -0.4 is 0 Å². The highest BCUT2D eigenvalue weighted by Gasteiger charge is 2.30. The summed E-state index contributed by atoms with van der Waals surface area (Å²) < 4.78 is 0. The molecule has 2 heteroatoms. The van der Waals surface area contributed by atoms with E-state index in [1.165, 1.54) is 0 Å². The van der Waals surface area contributed by atoms with Gasteiger partial charge >= 0.3 is 0 Å². The SMILES string of the molecule is CCCCC(O)C(O)(CC)CC. The minimum absolute atomic E-state index is 0.549. The summed E-state index contributed by atoms with van der Waals surface area (Å²) >= 11 is 0. The van der Waals surface area contributed by atoms with Crippen LogP contribution in [0.4, 0.5) is 0 Å². The lowest BCUT2D eigenvalue weighted by atomic mass is 9.88. The summed E-state index contributed by atoms with van der Waals surface area (Å²) in [7, 11) is 0. The molecule has 1 unspecified atom stereocenters. The van der Waals surface area contributed by atoms with Gasteiger partial charge in [-0.2, -0.15) is 0 Å². The molecule has 0 aromatic rings. The summed E-state index contributed by atoms with van der Waals surface area (Å²) in [6.07, 6.45) is 3.49. The molecule has 0 aromatic heterocycles. The molecule has 0 radical (unpaired) electrons. The lowest BCUT2D eigenvalue weighted by Gasteiger charge is -2.30. The second kappa shape index (κ2) is 5.55. The average molecular weight is 174 g/mol. The number of aliphatic hydroxyl groups excluding tert-OH is 1. The van der Waals surface area contributed by atoms with Crippen LogP contribution in [0.2, 0.25) is 0 Å². The first kappa shape index (κ1) is 11.9. The first-order valence-corrected chi connectivity index (χ1v) is 5.01. The molecule has 0 aliphatic heterocycles. The van der Waals surface area contributed by atoms with Crippen molar-refractivity contribution in [2.75, 3.05) is 0 Å². The standard InChI is InChI=1S/C10H22O2/c1-4-7-8-9(11)10(12,5-2)6-3/h9,11-12H,4-8H2,1-3H3. The van der Waals surface area contributed by atoms with Crippen molar-refractivity contribution in [1.82, 2.24) is 0 Å². The minimum Gasteiger partial charge on any atom is -0.390 e. The molecule has 12 heavy (non-hydrogen) atoms. The van der Waals surface area contributed by atoms with Gasteiger partial charge in [-0.1, -0.05) is 33.6 Å². The van der Waals surface area contributed by atoms with Gasteiger partial charge in [0.25, 0.3) is 0 Å². The highest BCUT2D eigenvalue weighted by molar-refractivity contribution is 4.83. The summed E-state index contributed by atoms with van der Waals surface area (Å²) in [5.74, 6) is 0. The van der Waals surface area contributed by atoms with Crippen LogP contribution in [0, 0.1) is 0 Å². The molecule has 0 aliphatic rings. The van der Waals surface area contributed by atoms with Crippen molar-refractivity contribution in [3.8, 4) is 0 Å². The molecule has 0 aliphatic carbocycles. The van der Waals surface area contributed by atoms with Gasteiger partial charge in [-0.3, -0.25) is 0 Å². The number of hydrogen-bond donors (Lipinski definition) is 2. The quantitative estimate of drug-likeness (QED) is 0.647. The lowest BCUT2D eigenvalue weighted by molar-refractivity contribution is -0.0833. The van der Waals surface area contributed by atoms with E-state index < -0.39 is 11.7 Å². The molecule has 0 spiro atoms. The smallest absolute Gasteiger partial charge is 0.0900 e. The van der Waals surface area contributed by atoms with Gasteiger partial charge < -0.3 is 10.2 Å². The van der Waals surface area contributed by atoms with E-state index >= 15 is 0 Å². The monoisotopic (exact) mass is 174 g/mol. The van der Waals surface area contributed by atoms with Crippen molar-refractivity contribution in [3.05, 3.63) is 0 Å². The van der Waals surface area contributed by atoms with E-state index in [0.717, 1.165) is 12.8 Å². The maximum atomic E-state index is 9.87. The van der Waals surface area contributed by atoms with Crippen LogP contribution in [0.1, 0.15) is 52.9 Å². The van der Waals surface area contributed by atoms with Crippen LogP contribution in [0.5, 0.6) is 0 Å². The topological polar surface area (TPSA) is 40.5 Å². The molecule has 0 aromatic carbocycles. The van der Waals surface area contributed by atoms with E-state index in [1.54, 1.807) is 0 Å². The summed E-state index contributed by atoms with van der Waals surface area (Å²) in [5, 5.41) is 19.5. The molecular weight excluding hydrogens is 152 g/mol. The molecule has 74 valence electrons. The zero-order valence-corrected chi connectivity index (χ0v) is 8.51. The van der Waals surface area contributed by atoms with Crippen LogP contribution in [-0.4, -0.2) is 21.9 Å². The average Bonchev–Trinajstić information content (AvgIpc) is 2.12. The van der Waals surface area contributed by atoms with Gasteiger partial charge in [-0.05, 0) is 19.3 Å². The minimum atomic E-state index is -0.852. The molecule has 0 saturated heterocycles. The molecule has 0 heterocycles. The Hall–Kier alpha value is -0.0800. The molecule has 1 atom stereocenters. The van der Waals surface area contributed by atoms with Crippen molar-refractivity contribution in [1.29, 1.82) is 0 Å². The van der Waals surface area contributed by atoms with Crippen molar-refractivity contribution in [2.45, 2.75) is 64.6 Å². The number of unbranched alkanes of at least 4 members (excludes halogenated alkanes) is 1. The lowest BCUT2D eigenvalue weighted by Crippen LogP contribution is -2.41. The van der Waals surface area contributed by atoms with E-state index in [9.17, 15) is 10.2 Å². The van der Waals surface area contributed by atoms with Crippen LogP contribution in [0.25, 0.3) is 0 Å². The largest absolute Gasteiger partial charge is 0.390 e. The molecular formula is C10H22O2. The summed E-state index contributed by atoms with van der Waals surface area (Å²) in [4.78, 5) is 0. The summed E-state index contributed by atoms with van der Waals surface area (Å²) in [6, 6.07) is 0. The first-order valence-electron chi connectivity index (χ1n) is 5.01. The Morgan fingerprint density at radius 3 is 2.00 bits per heavy atom. The number of rotatable bonds is 6. The molecule has 0 rings (SSSR count). The Morgan fingerprint density at radius 2 is 1.67 bits per heavy atom. The zero-order valence-electron chi connectivity index (χ0n) is 8.51. The summed E-state index contributed by atoms with van der Waals surface area (Å²) in [5.41, 5.74) is -0.852. The fourth-order valence-corrected chi connectivity index (χ4v) is 1.39. The highest BCUT2D eigenvalue weighted by atomic mass is 16.3. The van der Waals surface area contributed by atoms with Gasteiger partial charge in [0.1, 0.15) is 0 Å². The van der Waals surface area contributed by atoms with Crippen LogP contribution >= 0.6 is 0 Å². The number of hydrogen-bond acceptors (Lipinski definition) is 2. The Morgan fingerprint density at radius 1 is 1.17 bits per heavy atom. The van der Waals surface area contributed by atoms with Crippen LogP contribution in [0.3, 0.4) is 0 Å². The van der Waals surface area contributed by atoms with Gasteiger partial charge in [0.05, 0.1) is 11.7 Å². The number of aliphatic hydroxyl groups is 2. The molecule has 0 amide bonds. The Bertz CT molecular complexity index is 108. The van der Waals surface area contributed by atoms with Crippen LogP contribution in [0.15, 0.2) is 0 Å². The zero-order chi connectivity index (χ0) is 9.61. The van der Waals surface area contributed by atoms with E-state index in [0.29, 0.717) is 19.3 Å². The Kier molecular flexibility index (Phi) is 5.51. The maximum Gasteiger partial charge on any atom is 0.0900 e. The van der Waals surface area contributed by atoms with Gasteiger partial charge in [-0.25, -0.2) is 0 Å². The van der Waals surface area contributed by atoms with Gasteiger partial charge in [-0.15, -0.1) is 0 Å². The third-order valence-electron chi connectivity index (χ3n) is 2.68. The van der Waals surface area contributed by atoms with Crippen molar-refractivity contribution < 1.29 is 10.2 Å². The van der Waals surface area contributed by atoms with Gasteiger partial charge in [0.2, 0.25) is 0 Å². The predicted molar refractivity (Wildman–Crippen MR) is 51.1 cm³/mol. The Balaban J connectivity index is 3.93. The third kappa shape index (κ3) is 3.11. The second-order valence-electron chi connectivity index (χ2n) is 3.47. The van der Waals surface area contributed by atoms with E-state index in [4.69, 9.17) is 0 Å². The molecule has 0 bridgehead atoms. The van der Waals surface area contributed by atoms with E-state index in [2.05, 4.69) is 6.92 Å². The third-order valence-corrected chi connectivity index (χ3v) is 2.68.